The van der Waals surface area contributed by atoms with Gasteiger partial charge in [0, 0.05) is 45.0 Å². The van der Waals surface area contributed by atoms with Crippen LogP contribution in [0.1, 0.15) is 24.0 Å². The van der Waals surface area contributed by atoms with Gasteiger partial charge in [-0.15, -0.1) is 0 Å². The Labute approximate surface area is 160 Å². The first-order valence-corrected chi connectivity index (χ1v) is 9.46. The third-order valence-electron chi connectivity index (χ3n) is 5.02. The van der Waals surface area contributed by atoms with Gasteiger partial charge in [-0.25, -0.2) is 0 Å². The van der Waals surface area contributed by atoms with Gasteiger partial charge < -0.3 is 19.5 Å². The van der Waals surface area contributed by atoms with E-state index < -0.39 is 0 Å². The molecule has 2 aromatic rings. The SMILES string of the molecule is COc1ccccc1CCC(=O)N1CCCN(C(=O)Cc2cc[nH]c2)CC1. The molecule has 0 saturated carbocycles. The zero-order valence-electron chi connectivity index (χ0n) is 15.8. The van der Waals surface area contributed by atoms with Crippen molar-refractivity contribution in [3.8, 4) is 5.75 Å². The first-order chi connectivity index (χ1) is 13.2. The van der Waals surface area contributed by atoms with Crippen molar-refractivity contribution < 1.29 is 14.3 Å². The third kappa shape index (κ3) is 5.12. The number of para-hydroxylation sites is 1. The minimum Gasteiger partial charge on any atom is -0.496 e. The van der Waals surface area contributed by atoms with Gasteiger partial charge in [-0.2, -0.15) is 0 Å². The summed E-state index contributed by atoms with van der Waals surface area (Å²) in [6.07, 6.45) is 6.02. The lowest BCUT2D eigenvalue weighted by Gasteiger charge is -2.22. The predicted octanol–water partition coefficient (Wildman–Crippen LogP) is 2.26. The summed E-state index contributed by atoms with van der Waals surface area (Å²) in [5.41, 5.74) is 2.04. The largest absolute Gasteiger partial charge is 0.496 e. The van der Waals surface area contributed by atoms with E-state index in [1.54, 1.807) is 7.11 Å². The van der Waals surface area contributed by atoms with E-state index in [2.05, 4.69) is 4.98 Å². The second kappa shape index (κ2) is 9.26. The molecule has 6 heteroatoms. The van der Waals surface area contributed by atoms with E-state index in [-0.39, 0.29) is 11.8 Å². The number of aromatic nitrogens is 1. The first-order valence-electron chi connectivity index (χ1n) is 9.46. The second-order valence-corrected chi connectivity index (χ2v) is 6.82. The number of aromatic amines is 1. The summed E-state index contributed by atoms with van der Waals surface area (Å²) in [6.45, 7) is 2.62. The fourth-order valence-electron chi connectivity index (χ4n) is 3.48. The van der Waals surface area contributed by atoms with Crippen LogP contribution in [0.15, 0.2) is 42.7 Å². The Morgan fingerprint density at radius 1 is 1.04 bits per heavy atom. The number of amides is 2. The molecule has 1 aromatic heterocycles. The third-order valence-corrected chi connectivity index (χ3v) is 5.02. The van der Waals surface area contributed by atoms with Gasteiger partial charge in [0.2, 0.25) is 11.8 Å². The molecule has 0 atom stereocenters. The number of carbonyl (C=O) groups excluding carboxylic acids is 2. The molecule has 1 aromatic carbocycles. The average Bonchev–Trinajstić information content (AvgIpc) is 3.07. The van der Waals surface area contributed by atoms with Crippen molar-refractivity contribution >= 4 is 11.8 Å². The molecule has 1 aliphatic heterocycles. The number of hydrogen-bond acceptors (Lipinski definition) is 3. The summed E-state index contributed by atoms with van der Waals surface area (Å²) in [5.74, 6) is 1.08. The molecule has 0 bridgehead atoms. The van der Waals surface area contributed by atoms with Crippen LogP contribution in [0.25, 0.3) is 0 Å². The number of aryl methyl sites for hydroxylation is 1. The zero-order valence-corrected chi connectivity index (χ0v) is 15.8. The molecular formula is C21H27N3O3. The number of hydrogen-bond donors (Lipinski definition) is 1. The number of nitrogens with zero attached hydrogens (tertiary/aromatic N) is 2. The number of ether oxygens (including phenoxy) is 1. The smallest absolute Gasteiger partial charge is 0.227 e. The number of rotatable bonds is 6. The van der Waals surface area contributed by atoms with Gasteiger partial charge in [0.05, 0.1) is 13.5 Å². The molecule has 6 nitrogen and oxygen atoms in total. The number of nitrogens with one attached hydrogen (secondary N) is 1. The molecule has 27 heavy (non-hydrogen) atoms. The van der Waals surface area contributed by atoms with Crippen LogP contribution in [0.3, 0.4) is 0 Å². The molecule has 0 spiro atoms. The van der Waals surface area contributed by atoms with E-state index in [1.165, 1.54) is 0 Å². The Morgan fingerprint density at radius 2 is 1.78 bits per heavy atom. The molecule has 0 radical (unpaired) electrons. The minimum absolute atomic E-state index is 0.123. The van der Waals surface area contributed by atoms with Gasteiger partial charge in [0.1, 0.15) is 5.75 Å². The fourth-order valence-corrected chi connectivity index (χ4v) is 3.48. The van der Waals surface area contributed by atoms with Gasteiger partial charge in [-0.3, -0.25) is 9.59 Å². The molecule has 144 valence electrons. The topological polar surface area (TPSA) is 65.6 Å². The molecule has 1 N–H and O–H groups in total. The van der Waals surface area contributed by atoms with E-state index in [4.69, 9.17) is 4.74 Å². The maximum Gasteiger partial charge on any atom is 0.227 e. The van der Waals surface area contributed by atoms with Crippen molar-refractivity contribution in [3.05, 3.63) is 53.9 Å². The molecule has 2 amide bonds. The molecular weight excluding hydrogens is 342 g/mol. The Bertz CT molecular complexity index is 758. The molecule has 1 fully saturated rings. The maximum atomic E-state index is 12.6. The van der Waals surface area contributed by atoms with Crippen molar-refractivity contribution in [2.75, 3.05) is 33.3 Å². The Hall–Kier alpha value is -2.76. The number of benzene rings is 1. The summed E-state index contributed by atoms with van der Waals surface area (Å²) >= 11 is 0. The Kier molecular flexibility index (Phi) is 6.52. The van der Waals surface area contributed by atoms with Crippen molar-refractivity contribution in [3.63, 3.8) is 0 Å². The lowest BCUT2D eigenvalue weighted by atomic mass is 10.1. The van der Waals surface area contributed by atoms with Crippen LogP contribution in [0, 0.1) is 0 Å². The van der Waals surface area contributed by atoms with E-state index in [0.29, 0.717) is 45.4 Å². The molecule has 1 aliphatic rings. The van der Waals surface area contributed by atoms with Crippen molar-refractivity contribution in [2.45, 2.75) is 25.7 Å². The van der Waals surface area contributed by atoms with Gasteiger partial charge >= 0.3 is 0 Å². The summed E-state index contributed by atoms with van der Waals surface area (Å²) in [4.78, 5) is 31.8. The normalized spacial score (nSPS) is 14.7. The first kappa shape index (κ1) is 19.0. The van der Waals surface area contributed by atoms with Crippen molar-refractivity contribution in [1.82, 2.24) is 14.8 Å². The Morgan fingerprint density at radius 3 is 2.48 bits per heavy atom. The lowest BCUT2D eigenvalue weighted by Crippen LogP contribution is -2.38. The van der Waals surface area contributed by atoms with Gasteiger partial charge in [0.25, 0.3) is 0 Å². The highest BCUT2D eigenvalue weighted by Gasteiger charge is 2.22. The molecule has 3 rings (SSSR count). The van der Waals surface area contributed by atoms with Gasteiger partial charge in [-0.05, 0) is 36.1 Å². The standard InChI is InChI=1S/C21H27N3O3/c1-27-19-6-3-2-5-18(19)7-8-20(25)23-11-4-12-24(14-13-23)21(26)15-17-9-10-22-16-17/h2-3,5-6,9-10,16,22H,4,7-8,11-15H2,1H3. The van der Waals surface area contributed by atoms with E-state index in [1.807, 2.05) is 52.5 Å². The van der Waals surface area contributed by atoms with Crippen LogP contribution in [0.2, 0.25) is 0 Å². The highest BCUT2D eigenvalue weighted by molar-refractivity contribution is 5.79. The van der Waals surface area contributed by atoms with E-state index in [0.717, 1.165) is 23.3 Å². The quantitative estimate of drug-likeness (QED) is 0.849. The molecule has 1 saturated heterocycles. The lowest BCUT2D eigenvalue weighted by molar-refractivity contribution is -0.133. The van der Waals surface area contributed by atoms with Crippen molar-refractivity contribution in [2.24, 2.45) is 0 Å². The highest BCUT2D eigenvalue weighted by atomic mass is 16.5. The molecule has 0 unspecified atom stereocenters. The van der Waals surface area contributed by atoms with Crippen LogP contribution in [0.4, 0.5) is 0 Å². The summed E-state index contributed by atoms with van der Waals surface area (Å²) < 4.78 is 5.36. The highest BCUT2D eigenvalue weighted by Crippen LogP contribution is 2.19. The van der Waals surface area contributed by atoms with Crippen LogP contribution in [0.5, 0.6) is 5.75 Å². The predicted molar refractivity (Wildman–Crippen MR) is 104 cm³/mol. The van der Waals surface area contributed by atoms with E-state index >= 15 is 0 Å². The van der Waals surface area contributed by atoms with Crippen molar-refractivity contribution in [1.29, 1.82) is 0 Å². The molecule has 2 heterocycles. The van der Waals surface area contributed by atoms with Crippen LogP contribution in [-0.2, 0) is 22.4 Å². The molecule has 0 aliphatic carbocycles. The monoisotopic (exact) mass is 369 g/mol. The van der Waals surface area contributed by atoms with Gasteiger partial charge in [-0.1, -0.05) is 18.2 Å². The second-order valence-electron chi connectivity index (χ2n) is 6.82. The summed E-state index contributed by atoms with van der Waals surface area (Å²) in [5, 5.41) is 0. The number of methoxy groups -OCH3 is 1. The van der Waals surface area contributed by atoms with Crippen LogP contribution < -0.4 is 4.74 Å². The minimum atomic E-state index is 0.123. The fraction of sp³-hybridized carbons (Fsp3) is 0.429. The number of carbonyl (C=O) groups is 2. The van der Waals surface area contributed by atoms with Crippen LogP contribution in [-0.4, -0.2) is 59.9 Å². The van der Waals surface area contributed by atoms with E-state index in [9.17, 15) is 9.59 Å². The average molecular weight is 369 g/mol. The summed E-state index contributed by atoms with van der Waals surface area (Å²) in [6, 6.07) is 9.72. The van der Waals surface area contributed by atoms with Gasteiger partial charge in [0.15, 0.2) is 0 Å². The number of H-pyrrole nitrogens is 1. The Balaban J connectivity index is 1.49. The zero-order chi connectivity index (χ0) is 19.1. The van der Waals surface area contributed by atoms with Crippen LogP contribution >= 0.6 is 0 Å². The maximum absolute atomic E-state index is 12.6. The summed E-state index contributed by atoms with van der Waals surface area (Å²) in [7, 11) is 1.65.